The van der Waals surface area contributed by atoms with E-state index in [1.807, 2.05) is 52.9 Å². The summed E-state index contributed by atoms with van der Waals surface area (Å²) < 4.78 is 17.2. The Balaban J connectivity index is 2.69. The Labute approximate surface area is 122 Å². The molecule has 1 aromatic carbocycles. The van der Waals surface area contributed by atoms with Gasteiger partial charge < -0.3 is 19.5 Å². The zero-order valence-electron chi connectivity index (χ0n) is 13.3. The summed E-state index contributed by atoms with van der Waals surface area (Å²) in [5, 5.41) is 3.14. The molecule has 0 heterocycles. The molecular weight excluding hydrogens is 254 g/mol. The molecule has 0 spiro atoms. The van der Waals surface area contributed by atoms with Crippen molar-refractivity contribution >= 4 is 0 Å². The number of para-hydroxylation sites is 1. The maximum Gasteiger partial charge on any atom is 0.165 e. The molecule has 0 amide bonds. The number of benzene rings is 1. The summed E-state index contributed by atoms with van der Waals surface area (Å²) in [4.78, 5) is 0. The maximum absolute atomic E-state index is 5.88. The van der Waals surface area contributed by atoms with E-state index in [9.17, 15) is 0 Å². The first-order valence-electron chi connectivity index (χ1n) is 7.14. The van der Waals surface area contributed by atoms with Gasteiger partial charge in [-0.3, -0.25) is 0 Å². The van der Waals surface area contributed by atoms with Crippen molar-refractivity contribution in [3.05, 3.63) is 23.8 Å². The minimum absolute atomic E-state index is 0.142. The lowest BCUT2D eigenvalue weighted by Crippen LogP contribution is -2.22. The van der Waals surface area contributed by atoms with Gasteiger partial charge in [-0.25, -0.2) is 0 Å². The summed E-state index contributed by atoms with van der Waals surface area (Å²) in [6, 6.07) is 5.96. The fraction of sp³-hybridized carbons (Fsp3) is 0.625. The Bertz CT molecular complexity index is 375. The molecule has 1 aromatic rings. The summed E-state index contributed by atoms with van der Waals surface area (Å²) in [6.07, 6.45) is 0. The number of ether oxygens (including phenoxy) is 3. The van der Waals surface area contributed by atoms with E-state index in [1.165, 1.54) is 0 Å². The van der Waals surface area contributed by atoms with Crippen molar-refractivity contribution < 1.29 is 14.2 Å². The molecule has 0 radical (unpaired) electrons. The van der Waals surface area contributed by atoms with Gasteiger partial charge in [0.05, 0.1) is 18.8 Å². The van der Waals surface area contributed by atoms with Crippen LogP contribution in [0, 0.1) is 0 Å². The van der Waals surface area contributed by atoms with Crippen LogP contribution in [0.15, 0.2) is 18.2 Å². The molecule has 0 saturated carbocycles. The molecule has 0 aromatic heterocycles. The summed E-state index contributed by atoms with van der Waals surface area (Å²) in [5.74, 6) is 1.59. The first kappa shape index (κ1) is 16.8. The van der Waals surface area contributed by atoms with E-state index in [2.05, 4.69) is 5.32 Å². The van der Waals surface area contributed by atoms with E-state index in [0.717, 1.165) is 23.6 Å². The molecular formula is C16H27NO3. The highest BCUT2D eigenvalue weighted by molar-refractivity contribution is 5.46. The molecule has 114 valence electrons. The van der Waals surface area contributed by atoms with Gasteiger partial charge >= 0.3 is 0 Å². The second-order valence-electron chi connectivity index (χ2n) is 5.52. The van der Waals surface area contributed by atoms with Crippen molar-refractivity contribution in [3.63, 3.8) is 0 Å². The highest BCUT2D eigenvalue weighted by atomic mass is 16.5. The van der Waals surface area contributed by atoms with Gasteiger partial charge in [0.15, 0.2) is 11.5 Å². The van der Waals surface area contributed by atoms with Crippen molar-refractivity contribution in [3.8, 4) is 11.5 Å². The Hall–Kier alpha value is -1.26. The topological polar surface area (TPSA) is 39.7 Å². The summed E-state index contributed by atoms with van der Waals surface area (Å²) in [6.45, 7) is 10.5. The summed E-state index contributed by atoms with van der Waals surface area (Å²) >= 11 is 0. The number of rotatable bonds is 8. The van der Waals surface area contributed by atoms with Crippen LogP contribution >= 0.6 is 0 Å². The van der Waals surface area contributed by atoms with E-state index < -0.39 is 0 Å². The molecule has 1 rings (SSSR count). The van der Waals surface area contributed by atoms with Crippen molar-refractivity contribution in [1.29, 1.82) is 0 Å². The van der Waals surface area contributed by atoms with Gasteiger partial charge in [0, 0.05) is 12.1 Å². The van der Waals surface area contributed by atoms with Gasteiger partial charge in [-0.2, -0.15) is 0 Å². The molecule has 0 atom stereocenters. The molecule has 4 nitrogen and oxygen atoms in total. The molecule has 0 bridgehead atoms. The molecule has 0 fully saturated rings. The van der Waals surface area contributed by atoms with Crippen molar-refractivity contribution in [1.82, 2.24) is 5.32 Å². The van der Waals surface area contributed by atoms with Crippen LogP contribution in [0.2, 0.25) is 0 Å². The lowest BCUT2D eigenvalue weighted by molar-refractivity contribution is -0.0166. The molecule has 4 heteroatoms. The van der Waals surface area contributed by atoms with Gasteiger partial charge in [0.1, 0.15) is 6.61 Å². The van der Waals surface area contributed by atoms with Crippen LogP contribution in [0.1, 0.15) is 33.3 Å². The Morgan fingerprint density at radius 1 is 1.10 bits per heavy atom. The van der Waals surface area contributed by atoms with Crippen LogP contribution in [0.3, 0.4) is 0 Å². The maximum atomic E-state index is 5.88. The molecule has 0 unspecified atom stereocenters. The van der Waals surface area contributed by atoms with Gasteiger partial charge in [-0.1, -0.05) is 12.1 Å². The number of hydrogen-bond acceptors (Lipinski definition) is 4. The van der Waals surface area contributed by atoms with E-state index in [4.69, 9.17) is 14.2 Å². The smallest absolute Gasteiger partial charge is 0.165 e. The molecule has 0 aliphatic rings. The predicted molar refractivity (Wildman–Crippen MR) is 81.6 cm³/mol. The van der Waals surface area contributed by atoms with Gasteiger partial charge in [0.2, 0.25) is 0 Å². The fourth-order valence-electron chi connectivity index (χ4n) is 1.82. The zero-order chi connectivity index (χ0) is 15.0. The summed E-state index contributed by atoms with van der Waals surface area (Å²) in [5.41, 5.74) is 0.950. The second-order valence-corrected chi connectivity index (χ2v) is 5.52. The van der Waals surface area contributed by atoms with Gasteiger partial charge in [0.25, 0.3) is 0 Å². The molecule has 0 saturated heterocycles. The lowest BCUT2D eigenvalue weighted by Gasteiger charge is -2.20. The fourth-order valence-corrected chi connectivity index (χ4v) is 1.82. The highest BCUT2D eigenvalue weighted by Gasteiger charge is 2.12. The van der Waals surface area contributed by atoms with Gasteiger partial charge in [-0.05, 0) is 40.8 Å². The zero-order valence-corrected chi connectivity index (χ0v) is 13.3. The van der Waals surface area contributed by atoms with Crippen LogP contribution in [0.25, 0.3) is 0 Å². The molecule has 20 heavy (non-hydrogen) atoms. The minimum Gasteiger partial charge on any atom is -0.490 e. The lowest BCUT2D eigenvalue weighted by atomic mass is 10.2. The third-order valence-electron chi connectivity index (χ3n) is 2.59. The van der Waals surface area contributed by atoms with E-state index in [0.29, 0.717) is 19.8 Å². The van der Waals surface area contributed by atoms with Crippen LogP contribution in [-0.2, 0) is 11.3 Å². The van der Waals surface area contributed by atoms with Crippen LogP contribution in [-0.4, -0.2) is 32.5 Å². The van der Waals surface area contributed by atoms with Crippen molar-refractivity contribution in [2.24, 2.45) is 0 Å². The predicted octanol–water partition coefficient (Wildman–Crippen LogP) is 3.00. The van der Waals surface area contributed by atoms with E-state index >= 15 is 0 Å². The first-order valence-corrected chi connectivity index (χ1v) is 7.14. The van der Waals surface area contributed by atoms with E-state index in [1.54, 1.807) is 0 Å². The Kier molecular flexibility index (Phi) is 6.82. The molecule has 0 aliphatic carbocycles. The van der Waals surface area contributed by atoms with Crippen LogP contribution in [0.4, 0.5) is 0 Å². The van der Waals surface area contributed by atoms with E-state index in [-0.39, 0.29) is 5.60 Å². The van der Waals surface area contributed by atoms with Gasteiger partial charge in [-0.15, -0.1) is 0 Å². The number of nitrogens with one attached hydrogen (secondary N) is 1. The summed E-state index contributed by atoms with van der Waals surface area (Å²) in [7, 11) is 1.92. The molecule has 1 N–H and O–H groups in total. The highest BCUT2D eigenvalue weighted by Crippen LogP contribution is 2.31. The average molecular weight is 281 g/mol. The Morgan fingerprint density at radius 3 is 2.45 bits per heavy atom. The van der Waals surface area contributed by atoms with Crippen LogP contribution in [0.5, 0.6) is 11.5 Å². The third kappa shape index (κ3) is 5.80. The normalized spacial score (nSPS) is 11.4. The SMILES string of the molecule is CCOc1cccc(CNC)c1OCCOC(C)(C)C. The average Bonchev–Trinajstić information content (AvgIpc) is 2.36. The monoisotopic (exact) mass is 281 g/mol. The minimum atomic E-state index is -0.142. The Morgan fingerprint density at radius 2 is 1.85 bits per heavy atom. The van der Waals surface area contributed by atoms with Crippen molar-refractivity contribution in [2.75, 3.05) is 26.9 Å². The second kappa shape index (κ2) is 8.12. The largest absolute Gasteiger partial charge is 0.490 e. The number of hydrogen-bond donors (Lipinski definition) is 1. The third-order valence-corrected chi connectivity index (χ3v) is 2.59. The quantitative estimate of drug-likeness (QED) is 0.744. The van der Waals surface area contributed by atoms with Crippen molar-refractivity contribution in [2.45, 2.75) is 39.8 Å². The first-order chi connectivity index (χ1) is 9.48. The molecule has 0 aliphatic heterocycles. The van der Waals surface area contributed by atoms with Crippen LogP contribution < -0.4 is 14.8 Å². The standard InChI is InChI=1S/C16H27NO3/c1-6-18-14-9-7-8-13(12-17-5)15(14)19-10-11-20-16(2,3)4/h7-9,17H,6,10-12H2,1-5H3.